The van der Waals surface area contributed by atoms with E-state index in [2.05, 4.69) is 23.6 Å². The third kappa shape index (κ3) is 3.20. The van der Waals surface area contributed by atoms with Crippen molar-refractivity contribution >= 4 is 16.7 Å². The van der Waals surface area contributed by atoms with Gasteiger partial charge in [-0.15, -0.1) is 6.58 Å². The first kappa shape index (κ1) is 14.8. The molecule has 3 heteroatoms. The molecule has 114 valence electrons. The molecule has 0 spiro atoms. The number of carbonyl (C=O) groups excluding carboxylic acids is 1. The predicted octanol–water partition coefficient (Wildman–Crippen LogP) is 3.17. The Morgan fingerprint density at radius 1 is 1.05 bits per heavy atom. The first-order valence-corrected chi connectivity index (χ1v) is 7.89. The van der Waals surface area contributed by atoms with Gasteiger partial charge in [-0.2, -0.15) is 0 Å². The smallest absolute Gasteiger partial charge is 0.253 e. The largest absolute Gasteiger partial charge is 0.337 e. The van der Waals surface area contributed by atoms with Gasteiger partial charge in [-0.25, -0.2) is 0 Å². The Morgan fingerprint density at radius 2 is 1.86 bits per heavy atom. The van der Waals surface area contributed by atoms with Gasteiger partial charge in [0.15, 0.2) is 0 Å². The normalized spacial score (nSPS) is 16.5. The zero-order valence-corrected chi connectivity index (χ0v) is 12.9. The molecule has 1 aliphatic heterocycles. The Morgan fingerprint density at radius 3 is 2.68 bits per heavy atom. The molecule has 0 radical (unpaired) electrons. The van der Waals surface area contributed by atoms with E-state index in [1.165, 1.54) is 5.39 Å². The molecule has 22 heavy (non-hydrogen) atoms. The van der Waals surface area contributed by atoms with E-state index in [-0.39, 0.29) is 5.91 Å². The second kappa shape index (κ2) is 6.75. The van der Waals surface area contributed by atoms with Crippen molar-refractivity contribution in [3.8, 4) is 0 Å². The summed E-state index contributed by atoms with van der Waals surface area (Å²) in [5, 5.41) is 2.29. The van der Waals surface area contributed by atoms with E-state index >= 15 is 0 Å². The molecule has 1 heterocycles. The molecule has 0 saturated carbocycles. The Kier molecular flexibility index (Phi) is 4.54. The van der Waals surface area contributed by atoms with Gasteiger partial charge in [-0.3, -0.25) is 9.69 Å². The number of carbonyl (C=O) groups is 1. The van der Waals surface area contributed by atoms with Gasteiger partial charge in [0.1, 0.15) is 0 Å². The molecule has 2 aromatic rings. The maximum Gasteiger partial charge on any atom is 0.253 e. The van der Waals surface area contributed by atoms with Crippen molar-refractivity contribution in [2.45, 2.75) is 6.42 Å². The monoisotopic (exact) mass is 294 g/mol. The van der Waals surface area contributed by atoms with E-state index < -0.39 is 0 Å². The second-order valence-electron chi connectivity index (χ2n) is 5.80. The van der Waals surface area contributed by atoms with Crippen molar-refractivity contribution in [1.82, 2.24) is 9.80 Å². The van der Waals surface area contributed by atoms with Crippen molar-refractivity contribution in [3.63, 3.8) is 0 Å². The van der Waals surface area contributed by atoms with Crippen LogP contribution in [0, 0.1) is 0 Å². The van der Waals surface area contributed by atoms with Gasteiger partial charge in [-0.05, 0) is 29.3 Å². The summed E-state index contributed by atoms with van der Waals surface area (Å²) in [6, 6.07) is 14.1. The predicted molar refractivity (Wildman–Crippen MR) is 91.1 cm³/mol. The molecule has 0 aromatic heterocycles. The van der Waals surface area contributed by atoms with Gasteiger partial charge in [-0.1, -0.05) is 36.4 Å². The average Bonchev–Trinajstić information content (AvgIpc) is 2.80. The Labute approximate surface area is 131 Å². The highest BCUT2D eigenvalue weighted by molar-refractivity contribution is 5.98. The van der Waals surface area contributed by atoms with Gasteiger partial charge in [0.05, 0.1) is 0 Å². The quantitative estimate of drug-likeness (QED) is 0.812. The third-order valence-electron chi connectivity index (χ3n) is 4.26. The molecular formula is C19H22N2O. The van der Waals surface area contributed by atoms with Gasteiger partial charge in [0.25, 0.3) is 5.91 Å². The number of rotatable bonds is 3. The summed E-state index contributed by atoms with van der Waals surface area (Å²) >= 11 is 0. The first-order valence-electron chi connectivity index (χ1n) is 7.89. The van der Waals surface area contributed by atoms with Crippen LogP contribution in [-0.2, 0) is 0 Å². The van der Waals surface area contributed by atoms with Crippen LogP contribution in [0.3, 0.4) is 0 Å². The van der Waals surface area contributed by atoms with E-state index in [9.17, 15) is 4.79 Å². The number of hydrogen-bond acceptors (Lipinski definition) is 2. The number of nitrogens with zero attached hydrogens (tertiary/aromatic N) is 2. The molecule has 1 saturated heterocycles. The van der Waals surface area contributed by atoms with Gasteiger partial charge in [0.2, 0.25) is 0 Å². The highest BCUT2D eigenvalue weighted by Gasteiger charge is 2.19. The lowest BCUT2D eigenvalue weighted by Gasteiger charge is -2.21. The fourth-order valence-corrected chi connectivity index (χ4v) is 3.04. The Hall–Kier alpha value is -2.13. The van der Waals surface area contributed by atoms with Crippen LogP contribution in [0.15, 0.2) is 55.1 Å². The van der Waals surface area contributed by atoms with Crippen LogP contribution in [-0.4, -0.2) is 48.4 Å². The summed E-state index contributed by atoms with van der Waals surface area (Å²) in [6.45, 7) is 8.28. The van der Waals surface area contributed by atoms with E-state index in [0.29, 0.717) is 0 Å². The Bertz CT molecular complexity index is 680. The van der Waals surface area contributed by atoms with E-state index in [1.807, 2.05) is 41.3 Å². The van der Waals surface area contributed by atoms with E-state index in [1.54, 1.807) is 0 Å². The lowest BCUT2D eigenvalue weighted by molar-refractivity contribution is 0.0762. The van der Waals surface area contributed by atoms with Crippen molar-refractivity contribution in [1.29, 1.82) is 0 Å². The summed E-state index contributed by atoms with van der Waals surface area (Å²) in [5.41, 5.74) is 0.788. The molecule has 3 rings (SSSR count). The van der Waals surface area contributed by atoms with E-state index in [4.69, 9.17) is 0 Å². The number of fused-ring (bicyclic) bond motifs is 1. The SMILES string of the molecule is C=CCN1CCCN(C(=O)c2ccc3ccccc3c2)CC1. The second-order valence-corrected chi connectivity index (χ2v) is 5.80. The van der Waals surface area contributed by atoms with Gasteiger partial charge in [0, 0.05) is 38.3 Å². The zero-order chi connectivity index (χ0) is 15.4. The molecule has 0 bridgehead atoms. The van der Waals surface area contributed by atoms with Crippen LogP contribution in [0.1, 0.15) is 16.8 Å². The lowest BCUT2D eigenvalue weighted by atomic mass is 10.1. The fourth-order valence-electron chi connectivity index (χ4n) is 3.04. The van der Waals surface area contributed by atoms with Gasteiger partial charge < -0.3 is 4.90 Å². The summed E-state index contributed by atoms with van der Waals surface area (Å²) in [6.07, 6.45) is 2.95. The summed E-state index contributed by atoms with van der Waals surface area (Å²) in [4.78, 5) is 17.1. The molecule has 3 nitrogen and oxygen atoms in total. The molecule has 0 atom stereocenters. The number of hydrogen-bond donors (Lipinski definition) is 0. The van der Waals surface area contributed by atoms with Crippen LogP contribution >= 0.6 is 0 Å². The van der Waals surface area contributed by atoms with Crippen LogP contribution in [0.4, 0.5) is 0 Å². The zero-order valence-electron chi connectivity index (χ0n) is 12.9. The maximum absolute atomic E-state index is 12.7. The molecule has 0 unspecified atom stereocenters. The highest BCUT2D eigenvalue weighted by atomic mass is 16.2. The maximum atomic E-state index is 12.7. The minimum atomic E-state index is 0.145. The van der Waals surface area contributed by atoms with Gasteiger partial charge >= 0.3 is 0 Å². The minimum Gasteiger partial charge on any atom is -0.337 e. The Balaban J connectivity index is 1.75. The van der Waals surface area contributed by atoms with Crippen molar-refractivity contribution in [3.05, 3.63) is 60.7 Å². The molecule has 2 aromatic carbocycles. The molecule has 1 fully saturated rings. The lowest BCUT2D eigenvalue weighted by Crippen LogP contribution is -2.35. The summed E-state index contributed by atoms with van der Waals surface area (Å²) in [7, 11) is 0. The highest BCUT2D eigenvalue weighted by Crippen LogP contribution is 2.17. The van der Waals surface area contributed by atoms with Crippen LogP contribution < -0.4 is 0 Å². The van der Waals surface area contributed by atoms with Crippen molar-refractivity contribution in [2.24, 2.45) is 0 Å². The summed E-state index contributed by atoms with van der Waals surface area (Å²) < 4.78 is 0. The van der Waals surface area contributed by atoms with Crippen LogP contribution in [0.5, 0.6) is 0 Å². The van der Waals surface area contributed by atoms with Crippen LogP contribution in [0.25, 0.3) is 10.8 Å². The standard InChI is InChI=1S/C19H22N2O/c1-2-10-20-11-5-12-21(14-13-20)19(22)18-9-8-16-6-3-4-7-17(16)15-18/h2-4,6-9,15H,1,5,10-14H2. The summed E-state index contributed by atoms with van der Waals surface area (Å²) in [5.74, 6) is 0.145. The first-order chi connectivity index (χ1) is 10.8. The number of amides is 1. The number of benzene rings is 2. The molecular weight excluding hydrogens is 272 g/mol. The fraction of sp³-hybridized carbons (Fsp3) is 0.316. The van der Waals surface area contributed by atoms with Crippen molar-refractivity contribution < 1.29 is 4.79 Å². The molecule has 0 N–H and O–H groups in total. The van der Waals surface area contributed by atoms with Crippen molar-refractivity contribution in [2.75, 3.05) is 32.7 Å². The molecule has 1 amide bonds. The topological polar surface area (TPSA) is 23.6 Å². The van der Waals surface area contributed by atoms with E-state index in [0.717, 1.165) is 50.1 Å². The molecule has 0 aliphatic carbocycles. The minimum absolute atomic E-state index is 0.145. The third-order valence-corrected chi connectivity index (χ3v) is 4.26. The average molecular weight is 294 g/mol. The molecule has 1 aliphatic rings. The van der Waals surface area contributed by atoms with Crippen LogP contribution in [0.2, 0.25) is 0 Å².